The minimum absolute atomic E-state index is 0.212. The van der Waals surface area contributed by atoms with E-state index < -0.39 is 24.2 Å². The molecule has 0 fully saturated rings. The van der Waals surface area contributed by atoms with Crippen LogP contribution in [0.1, 0.15) is 30.8 Å². The van der Waals surface area contributed by atoms with Crippen LogP contribution in [-0.4, -0.2) is 28.8 Å². The molecule has 9 heteroatoms. The number of carbonyl (C=O) groups excluding carboxylic acids is 2. The molecule has 0 saturated carbocycles. The van der Waals surface area contributed by atoms with Gasteiger partial charge in [-0.25, -0.2) is 4.79 Å². The van der Waals surface area contributed by atoms with Gasteiger partial charge in [0.25, 0.3) is 11.7 Å². The maximum Gasteiger partial charge on any atom is 0.349 e. The molecule has 1 aromatic carbocycles. The summed E-state index contributed by atoms with van der Waals surface area (Å²) < 4.78 is 31.8. The monoisotopic (exact) mass is 461 g/mol. The summed E-state index contributed by atoms with van der Waals surface area (Å²) in [6.07, 6.45) is 1.46. The second kappa shape index (κ2) is 11.5. The van der Waals surface area contributed by atoms with Gasteiger partial charge in [-0.2, -0.15) is 14.0 Å². The van der Waals surface area contributed by atoms with Crippen molar-refractivity contribution in [2.24, 2.45) is 5.92 Å². The molecule has 1 amide bonds. The van der Waals surface area contributed by atoms with Crippen molar-refractivity contribution in [3.63, 3.8) is 0 Å². The largest absolute Gasteiger partial charge is 0.451 e. The van der Waals surface area contributed by atoms with E-state index in [4.69, 9.17) is 4.74 Å². The topological polar surface area (TPSA) is 84.1 Å². The van der Waals surface area contributed by atoms with E-state index in [1.165, 1.54) is 30.3 Å². The fraction of sp³-hybridized carbons (Fsp3) is 0.348. The third kappa shape index (κ3) is 7.24. The van der Waals surface area contributed by atoms with Crippen LogP contribution < -0.4 is 5.32 Å². The van der Waals surface area contributed by atoms with Gasteiger partial charge in [-0.1, -0.05) is 25.6 Å². The summed E-state index contributed by atoms with van der Waals surface area (Å²) in [5.74, 6) is -3.60. The van der Waals surface area contributed by atoms with Crippen LogP contribution >= 0.6 is 11.8 Å². The Morgan fingerprint density at radius 2 is 1.91 bits per heavy atom. The highest BCUT2D eigenvalue weighted by Crippen LogP contribution is 2.26. The van der Waals surface area contributed by atoms with Crippen LogP contribution in [0.3, 0.4) is 0 Å². The molecule has 0 aliphatic heterocycles. The number of nitrogens with one attached hydrogen (secondary N) is 1. The standard InChI is InChI=1S/C23H25F2N3O3S/c1-14(2)12-28-15(3)9-17(16(28)4)10-18(11-26)22(30)31-13-21(29)27-19-5-7-20(8-6-19)32-23(24)25/h5-10,14,23H,12-13H2,1-4H3,(H,27,29). The van der Waals surface area contributed by atoms with Crippen LogP contribution in [0.25, 0.3) is 6.08 Å². The fourth-order valence-electron chi connectivity index (χ4n) is 3.04. The fourth-order valence-corrected chi connectivity index (χ4v) is 3.54. The third-order valence-electron chi connectivity index (χ3n) is 4.50. The SMILES string of the molecule is Cc1cc(C=C(C#N)C(=O)OCC(=O)Nc2ccc(SC(F)F)cc2)c(C)n1CC(C)C. The summed E-state index contributed by atoms with van der Waals surface area (Å²) in [6.45, 7) is 8.32. The Morgan fingerprint density at radius 3 is 2.47 bits per heavy atom. The van der Waals surface area contributed by atoms with Gasteiger partial charge in [0.15, 0.2) is 6.61 Å². The van der Waals surface area contributed by atoms with Crippen molar-refractivity contribution in [2.75, 3.05) is 11.9 Å². The average Bonchev–Trinajstić information content (AvgIpc) is 2.98. The Bertz CT molecular complexity index is 1040. The molecular weight excluding hydrogens is 436 g/mol. The zero-order valence-corrected chi connectivity index (χ0v) is 19.1. The highest BCUT2D eigenvalue weighted by Gasteiger charge is 2.16. The maximum absolute atomic E-state index is 12.3. The number of rotatable bonds is 9. The molecule has 0 spiro atoms. The van der Waals surface area contributed by atoms with E-state index in [1.54, 1.807) is 0 Å². The molecule has 0 bridgehead atoms. The van der Waals surface area contributed by atoms with Gasteiger partial charge in [-0.15, -0.1) is 0 Å². The van der Waals surface area contributed by atoms with Crippen LogP contribution in [0, 0.1) is 31.1 Å². The number of hydrogen-bond donors (Lipinski definition) is 1. The molecule has 0 aliphatic carbocycles. The normalized spacial score (nSPS) is 11.5. The van der Waals surface area contributed by atoms with E-state index in [0.29, 0.717) is 28.3 Å². The predicted octanol–water partition coefficient (Wildman–Crippen LogP) is 5.16. The van der Waals surface area contributed by atoms with Crippen LogP contribution in [0.4, 0.5) is 14.5 Å². The van der Waals surface area contributed by atoms with Gasteiger partial charge < -0.3 is 14.6 Å². The van der Waals surface area contributed by atoms with E-state index >= 15 is 0 Å². The molecule has 0 atom stereocenters. The van der Waals surface area contributed by atoms with Crippen LogP contribution in [0.15, 0.2) is 40.8 Å². The summed E-state index contributed by atoms with van der Waals surface area (Å²) in [5, 5.41) is 11.9. The lowest BCUT2D eigenvalue weighted by Crippen LogP contribution is -2.21. The van der Waals surface area contributed by atoms with Crippen molar-refractivity contribution in [1.29, 1.82) is 5.26 Å². The average molecular weight is 462 g/mol. The van der Waals surface area contributed by atoms with Crippen molar-refractivity contribution < 1.29 is 23.1 Å². The number of hydrogen-bond acceptors (Lipinski definition) is 5. The van der Waals surface area contributed by atoms with Crippen molar-refractivity contribution in [3.05, 3.63) is 52.9 Å². The number of amides is 1. The summed E-state index contributed by atoms with van der Waals surface area (Å²) in [4.78, 5) is 24.7. The quantitative estimate of drug-likeness (QED) is 0.241. The van der Waals surface area contributed by atoms with E-state index in [0.717, 1.165) is 23.5 Å². The lowest BCUT2D eigenvalue weighted by atomic mass is 10.1. The van der Waals surface area contributed by atoms with Gasteiger partial charge in [0.2, 0.25) is 0 Å². The molecule has 1 N–H and O–H groups in total. The molecule has 2 aromatic rings. The van der Waals surface area contributed by atoms with Crippen molar-refractivity contribution in [2.45, 2.75) is 44.9 Å². The Labute approximate surface area is 190 Å². The van der Waals surface area contributed by atoms with E-state index in [1.807, 2.05) is 26.0 Å². The van der Waals surface area contributed by atoms with Gasteiger partial charge in [0.05, 0.1) is 0 Å². The third-order valence-corrected chi connectivity index (χ3v) is 5.22. The zero-order valence-electron chi connectivity index (χ0n) is 18.3. The Hall–Kier alpha value is -3.12. The number of esters is 1. The second-order valence-corrected chi connectivity index (χ2v) is 8.59. The minimum Gasteiger partial charge on any atom is -0.451 e. The molecule has 0 aliphatic rings. The molecule has 0 unspecified atom stereocenters. The van der Waals surface area contributed by atoms with Crippen molar-refractivity contribution >= 4 is 35.4 Å². The Kier molecular flexibility index (Phi) is 9.02. The number of benzene rings is 1. The van der Waals surface area contributed by atoms with Crippen molar-refractivity contribution in [1.82, 2.24) is 4.57 Å². The Balaban J connectivity index is 1.99. The molecule has 32 heavy (non-hydrogen) atoms. The molecule has 2 rings (SSSR count). The van der Waals surface area contributed by atoms with Crippen LogP contribution in [0.2, 0.25) is 0 Å². The molecule has 6 nitrogen and oxygen atoms in total. The first-order chi connectivity index (χ1) is 15.1. The first-order valence-corrected chi connectivity index (χ1v) is 10.8. The summed E-state index contributed by atoms with van der Waals surface area (Å²) >= 11 is 0.399. The number of thioether (sulfide) groups is 1. The first kappa shape index (κ1) is 25.1. The summed E-state index contributed by atoms with van der Waals surface area (Å²) in [7, 11) is 0. The lowest BCUT2D eigenvalue weighted by Gasteiger charge is -2.12. The van der Waals surface area contributed by atoms with Crippen LogP contribution in [0.5, 0.6) is 0 Å². The van der Waals surface area contributed by atoms with Gasteiger partial charge in [-0.3, -0.25) is 4.79 Å². The van der Waals surface area contributed by atoms with Gasteiger partial charge in [0.1, 0.15) is 11.6 Å². The maximum atomic E-state index is 12.3. The minimum atomic E-state index is -2.53. The van der Waals surface area contributed by atoms with Gasteiger partial charge >= 0.3 is 5.97 Å². The number of aryl methyl sites for hydroxylation is 1. The number of aromatic nitrogens is 1. The molecule has 0 radical (unpaired) electrons. The van der Waals surface area contributed by atoms with Crippen molar-refractivity contribution in [3.8, 4) is 6.07 Å². The smallest absolute Gasteiger partial charge is 0.349 e. The highest BCUT2D eigenvalue weighted by atomic mass is 32.2. The number of anilines is 1. The summed E-state index contributed by atoms with van der Waals surface area (Å²) in [6, 6.07) is 9.56. The predicted molar refractivity (Wildman–Crippen MR) is 120 cm³/mol. The molecule has 1 heterocycles. The van der Waals surface area contributed by atoms with Gasteiger partial charge in [0, 0.05) is 28.5 Å². The Morgan fingerprint density at radius 1 is 1.25 bits per heavy atom. The van der Waals surface area contributed by atoms with Crippen LogP contribution in [-0.2, 0) is 20.9 Å². The van der Waals surface area contributed by atoms with E-state index in [9.17, 15) is 23.6 Å². The molecule has 0 saturated heterocycles. The summed E-state index contributed by atoms with van der Waals surface area (Å²) in [5.41, 5.74) is 2.85. The van der Waals surface area contributed by atoms with Gasteiger partial charge in [-0.05, 0) is 61.7 Å². The number of carbonyl (C=O) groups is 2. The number of nitriles is 1. The molecule has 170 valence electrons. The number of ether oxygens (including phenoxy) is 1. The highest BCUT2D eigenvalue weighted by molar-refractivity contribution is 7.99. The second-order valence-electron chi connectivity index (χ2n) is 7.53. The molecular formula is C23H25F2N3O3S. The number of alkyl halides is 2. The number of halogens is 2. The molecule has 1 aromatic heterocycles. The zero-order chi connectivity index (χ0) is 23.8. The van der Waals surface area contributed by atoms with E-state index in [2.05, 4.69) is 23.7 Å². The van der Waals surface area contributed by atoms with E-state index in [-0.39, 0.29) is 5.57 Å². The number of nitrogens with zero attached hydrogens (tertiary/aromatic N) is 2. The first-order valence-electron chi connectivity index (χ1n) is 9.91. The lowest BCUT2D eigenvalue weighted by molar-refractivity contribution is -0.142.